The second-order valence-electron chi connectivity index (χ2n) is 8.22. The molecule has 2 heterocycles. The minimum Gasteiger partial charge on any atom is -0.493 e. The fourth-order valence-electron chi connectivity index (χ4n) is 4.65. The molecule has 4 heteroatoms. The Bertz CT molecular complexity index is 967. The van der Waals surface area contributed by atoms with E-state index in [4.69, 9.17) is 14.2 Å². The summed E-state index contributed by atoms with van der Waals surface area (Å²) in [5.41, 5.74) is 3.86. The van der Waals surface area contributed by atoms with E-state index in [0.29, 0.717) is 13.2 Å². The van der Waals surface area contributed by atoms with Crippen LogP contribution < -0.4 is 9.47 Å². The maximum Gasteiger partial charge on any atom is 0.123 e. The first-order valence-corrected chi connectivity index (χ1v) is 11.2. The Balaban J connectivity index is 1.34. The maximum atomic E-state index is 6.14. The zero-order chi connectivity index (χ0) is 20.9. The smallest absolute Gasteiger partial charge is 0.123 e. The van der Waals surface area contributed by atoms with Gasteiger partial charge >= 0.3 is 0 Å². The predicted octanol–water partition coefficient (Wildman–Crippen LogP) is 4.71. The van der Waals surface area contributed by atoms with Gasteiger partial charge in [-0.05, 0) is 29.3 Å². The third kappa shape index (κ3) is 4.60. The van der Waals surface area contributed by atoms with Crippen molar-refractivity contribution in [3.63, 3.8) is 0 Å². The van der Waals surface area contributed by atoms with Crippen molar-refractivity contribution in [3.05, 3.63) is 95.6 Å². The number of ether oxygens (including phenoxy) is 3. The Kier molecular flexibility index (Phi) is 6.19. The van der Waals surface area contributed by atoms with Gasteiger partial charge in [0.15, 0.2) is 0 Å². The maximum absolute atomic E-state index is 6.14. The summed E-state index contributed by atoms with van der Waals surface area (Å²) in [4.78, 5) is 2.39. The third-order valence-electron chi connectivity index (χ3n) is 6.32. The lowest BCUT2D eigenvalue weighted by Crippen LogP contribution is -2.38. The molecule has 0 bridgehead atoms. The van der Waals surface area contributed by atoms with Crippen molar-refractivity contribution >= 4 is 0 Å². The summed E-state index contributed by atoms with van der Waals surface area (Å²) in [6.45, 7) is 5.95. The number of rotatable bonds is 6. The second kappa shape index (κ2) is 9.54. The van der Waals surface area contributed by atoms with Gasteiger partial charge < -0.3 is 14.2 Å². The Hall–Kier alpha value is -2.82. The van der Waals surface area contributed by atoms with Gasteiger partial charge in [0.1, 0.15) is 18.1 Å². The lowest BCUT2D eigenvalue weighted by Gasteiger charge is -2.34. The monoisotopic (exact) mass is 415 g/mol. The molecule has 3 aromatic rings. The standard InChI is InChI=1S/C27H29NO3/c1-2-6-21(7-3-1)25-20-31-26-9-5-4-8-24(26)27(25)22-10-12-23(13-11-22)30-19-16-28-14-17-29-18-15-28/h1-13,25,27H,14-20H2. The number of benzene rings is 3. The average Bonchev–Trinajstić information content (AvgIpc) is 2.85. The van der Waals surface area contributed by atoms with Crippen molar-refractivity contribution in [1.29, 1.82) is 0 Å². The molecular weight excluding hydrogens is 386 g/mol. The summed E-state index contributed by atoms with van der Waals surface area (Å²) < 4.78 is 17.6. The molecule has 0 N–H and O–H groups in total. The highest BCUT2D eigenvalue weighted by Crippen LogP contribution is 2.46. The lowest BCUT2D eigenvalue weighted by atomic mass is 9.76. The fourth-order valence-corrected chi connectivity index (χ4v) is 4.65. The van der Waals surface area contributed by atoms with Gasteiger partial charge in [-0.3, -0.25) is 4.90 Å². The average molecular weight is 416 g/mol. The summed E-state index contributed by atoms with van der Waals surface area (Å²) in [5, 5.41) is 0. The van der Waals surface area contributed by atoms with Gasteiger partial charge in [-0.15, -0.1) is 0 Å². The van der Waals surface area contributed by atoms with Crippen molar-refractivity contribution in [3.8, 4) is 11.5 Å². The van der Waals surface area contributed by atoms with E-state index >= 15 is 0 Å². The van der Waals surface area contributed by atoms with Crippen molar-refractivity contribution in [2.75, 3.05) is 46.1 Å². The molecule has 0 saturated carbocycles. The van der Waals surface area contributed by atoms with Crippen LogP contribution in [-0.4, -0.2) is 51.0 Å². The quantitative estimate of drug-likeness (QED) is 0.584. The molecule has 2 unspecified atom stereocenters. The van der Waals surface area contributed by atoms with Crippen LogP contribution in [0.25, 0.3) is 0 Å². The molecule has 1 saturated heterocycles. The van der Waals surface area contributed by atoms with E-state index in [2.05, 4.69) is 77.7 Å². The van der Waals surface area contributed by atoms with Gasteiger partial charge in [-0.2, -0.15) is 0 Å². The molecule has 0 aliphatic carbocycles. The highest BCUT2D eigenvalue weighted by molar-refractivity contribution is 5.48. The molecule has 0 amide bonds. The van der Waals surface area contributed by atoms with Crippen molar-refractivity contribution in [2.45, 2.75) is 11.8 Å². The summed E-state index contributed by atoms with van der Waals surface area (Å²) in [6.07, 6.45) is 0. The number of hydrogen-bond donors (Lipinski definition) is 0. The molecule has 2 aliphatic rings. The molecular formula is C27H29NO3. The van der Waals surface area contributed by atoms with Gasteiger partial charge in [0.25, 0.3) is 0 Å². The zero-order valence-electron chi connectivity index (χ0n) is 17.8. The molecule has 31 heavy (non-hydrogen) atoms. The third-order valence-corrected chi connectivity index (χ3v) is 6.32. The first-order valence-electron chi connectivity index (χ1n) is 11.2. The van der Waals surface area contributed by atoms with E-state index < -0.39 is 0 Å². The van der Waals surface area contributed by atoms with E-state index in [1.54, 1.807) is 0 Å². The lowest BCUT2D eigenvalue weighted by molar-refractivity contribution is 0.0322. The van der Waals surface area contributed by atoms with E-state index in [0.717, 1.165) is 44.3 Å². The number of para-hydroxylation sites is 1. The second-order valence-corrected chi connectivity index (χ2v) is 8.22. The minimum absolute atomic E-state index is 0.259. The SMILES string of the molecule is c1ccc(C2COc3ccccc3C2c2ccc(OCCN3CCOCC3)cc2)cc1. The summed E-state index contributed by atoms with van der Waals surface area (Å²) in [7, 11) is 0. The van der Waals surface area contributed by atoms with Gasteiger partial charge in [-0.25, -0.2) is 0 Å². The van der Waals surface area contributed by atoms with Crippen LogP contribution in [0.5, 0.6) is 11.5 Å². The molecule has 3 aromatic carbocycles. The highest BCUT2D eigenvalue weighted by Gasteiger charge is 2.33. The molecule has 1 fully saturated rings. The van der Waals surface area contributed by atoms with Gasteiger partial charge in [0.2, 0.25) is 0 Å². The van der Waals surface area contributed by atoms with Gasteiger partial charge in [0.05, 0.1) is 19.8 Å². The zero-order valence-corrected chi connectivity index (χ0v) is 17.8. The summed E-state index contributed by atoms with van der Waals surface area (Å²) in [6, 6.07) is 27.8. The van der Waals surface area contributed by atoms with Crippen molar-refractivity contribution in [2.24, 2.45) is 0 Å². The van der Waals surface area contributed by atoms with Crippen LogP contribution in [0.15, 0.2) is 78.9 Å². The van der Waals surface area contributed by atoms with Crippen LogP contribution in [0.1, 0.15) is 28.5 Å². The van der Waals surface area contributed by atoms with Gasteiger partial charge in [0, 0.05) is 37.0 Å². The Labute approximate surface area is 184 Å². The molecule has 5 rings (SSSR count). The predicted molar refractivity (Wildman–Crippen MR) is 122 cm³/mol. The highest BCUT2D eigenvalue weighted by atomic mass is 16.5. The summed E-state index contributed by atoms with van der Waals surface area (Å²) >= 11 is 0. The fraction of sp³-hybridized carbons (Fsp3) is 0.333. The first kappa shape index (κ1) is 20.1. The summed E-state index contributed by atoms with van der Waals surface area (Å²) in [5.74, 6) is 2.46. The number of hydrogen-bond acceptors (Lipinski definition) is 4. The van der Waals surface area contributed by atoms with Crippen LogP contribution in [0.3, 0.4) is 0 Å². The Morgan fingerprint density at radius 3 is 2.35 bits per heavy atom. The molecule has 2 aliphatic heterocycles. The van der Waals surface area contributed by atoms with E-state index in [-0.39, 0.29) is 11.8 Å². The molecule has 0 aromatic heterocycles. The molecule has 4 nitrogen and oxygen atoms in total. The largest absolute Gasteiger partial charge is 0.493 e. The number of fused-ring (bicyclic) bond motifs is 1. The van der Waals surface area contributed by atoms with Crippen LogP contribution in [0.2, 0.25) is 0 Å². The number of nitrogens with zero attached hydrogens (tertiary/aromatic N) is 1. The van der Waals surface area contributed by atoms with Crippen LogP contribution in [-0.2, 0) is 4.74 Å². The molecule has 0 spiro atoms. The topological polar surface area (TPSA) is 30.9 Å². The Morgan fingerprint density at radius 1 is 0.806 bits per heavy atom. The normalized spacial score (nSPS) is 21.2. The van der Waals surface area contributed by atoms with Crippen molar-refractivity contribution in [1.82, 2.24) is 4.90 Å². The van der Waals surface area contributed by atoms with Crippen LogP contribution in [0.4, 0.5) is 0 Å². The van der Waals surface area contributed by atoms with Crippen LogP contribution in [0, 0.1) is 0 Å². The van der Waals surface area contributed by atoms with Crippen LogP contribution >= 0.6 is 0 Å². The van der Waals surface area contributed by atoms with E-state index in [9.17, 15) is 0 Å². The van der Waals surface area contributed by atoms with Crippen molar-refractivity contribution < 1.29 is 14.2 Å². The molecule has 2 atom stereocenters. The van der Waals surface area contributed by atoms with E-state index in [1.165, 1.54) is 16.7 Å². The molecule has 0 radical (unpaired) electrons. The van der Waals surface area contributed by atoms with Gasteiger partial charge in [-0.1, -0.05) is 60.7 Å². The minimum atomic E-state index is 0.259. The Morgan fingerprint density at radius 2 is 1.55 bits per heavy atom. The first-order chi connectivity index (χ1) is 15.4. The number of morpholine rings is 1. The molecule has 160 valence electrons. The van der Waals surface area contributed by atoms with E-state index in [1.807, 2.05) is 6.07 Å².